The number of hydrogen-bond donors (Lipinski definition) is 1. The van der Waals surface area contributed by atoms with Gasteiger partial charge in [-0.25, -0.2) is 0 Å². The molecule has 0 aliphatic carbocycles. The first kappa shape index (κ1) is 16.0. The van der Waals surface area contributed by atoms with Gasteiger partial charge in [-0.15, -0.1) is 0 Å². The van der Waals surface area contributed by atoms with E-state index < -0.39 is 0 Å². The number of rotatable bonds is 6. The molecule has 1 atom stereocenters. The van der Waals surface area contributed by atoms with E-state index in [1.54, 1.807) is 0 Å². The molecule has 1 saturated heterocycles. The molecule has 1 aliphatic heterocycles. The van der Waals surface area contributed by atoms with Crippen LogP contribution < -0.4 is 10.2 Å². The second-order valence-electron chi connectivity index (χ2n) is 6.24. The van der Waals surface area contributed by atoms with Crippen molar-refractivity contribution in [2.75, 3.05) is 31.2 Å². The van der Waals surface area contributed by atoms with Gasteiger partial charge in [-0.3, -0.25) is 0 Å². The summed E-state index contributed by atoms with van der Waals surface area (Å²) >= 11 is 0. The molecule has 2 aromatic rings. The van der Waals surface area contributed by atoms with Crippen molar-refractivity contribution in [3.05, 3.63) is 65.7 Å². The zero-order chi connectivity index (χ0) is 15.9. The highest BCUT2D eigenvalue weighted by Gasteiger charge is 2.10. The Bertz CT molecular complexity index is 576. The van der Waals surface area contributed by atoms with Gasteiger partial charge in [0.2, 0.25) is 0 Å². The third-order valence-electron chi connectivity index (χ3n) is 4.35. The average molecular weight is 310 g/mol. The zero-order valence-corrected chi connectivity index (χ0v) is 13.9. The maximum Gasteiger partial charge on any atom is 0.0642 e. The standard InChI is InChI=1S/C20H26N2O/c1-17(15-18-5-3-2-4-6-18)21-16-19-7-9-20(10-8-19)22-11-13-23-14-12-22/h2-10,17,21H,11-16H2,1H3/t17-/m0/s1. The predicted molar refractivity (Wildman–Crippen MR) is 95.9 cm³/mol. The highest BCUT2D eigenvalue weighted by Crippen LogP contribution is 2.16. The Hall–Kier alpha value is -1.84. The molecule has 0 bridgehead atoms. The van der Waals surface area contributed by atoms with E-state index in [0.717, 1.165) is 39.3 Å². The highest BCUT2D eigenvalue weighted by molar-refractivity contribution is 5.47. The summed E-state index contributed by atoms with van der Waals surface area (Å²) in [6.45, 7) is 6.81. The number of hydrogen-bond acceptors (Lipinski definition) is 3. The quantitative estimate of drug-likeness (QED) is 0.886. The fourth-order valence-corrected chi connectivity index (χ4v) is 2.98. The molecule has 1 heterocycles. The van der Waals surface area contributed by atoms with E-state index in [0.29, 0.717) is 6.04 Å². The summed E-state index contributed by atoms with van der Waals surface area (Å²) in [6, 6.07) is 20.0. The topological polar surface area (TPSA) is 24.5 Å². The maximum atomic E-state index is 5.41. The second kappa shape index (κ2) is 8.14. The molecule has 3 nitrogen and oxygen atoms in total. The molecule has 0 unspecified atom stereocenters. The summed E-state index contributed by atoms with van der Waals surface area (Å²) in [7, 11) is 0. The summed E-state index contributed by atoms with van der Waals surface area (Å²) in [5.41, 5.74) is 4.02. The van der Waals surface area contributed by atoms with Gasteiger partial charge in [0.25, 0.3) is 0 Å². The van der Waals surface area contributed by atoms with Gasteiger partial charge in [-0.05, 0) is 36.6 Å². The Balaban J connectivity index is 1.48. The summed E-state index contributed by atoms with van der Waals surface area (Å²) in [6.07, 6.45) is 1.06. The number of morpholine rings is 1. The number of anilines is 1. The molecule has 23 heavy (non-hydrogen) atoms. The summed E-state index contributed by atoms with van der Waals surface area (Å²) < 4.78 is 5.41. The Labute approximate surface area is 139 Å². The molecule has 0 radical (unpaired) electrons. The Kier molecular flexibility index (Phi) is 5.67. The lowest BCUT2D eigenvalue weighted by molar-refractivity contribution is 0.122. The molecule has 122 valence electrons. The van der Waals surface area contributed by atoms with Gasteiger partial charge in [0.1, 0.15) is 0 Å². The number of nitrogens with zero attached hydrogens (tertiary/aromatic N) is 1. The van der Waals surface area contributed by atoms with Crippen LogP contribution in [0.25, 0.3) is 0 Å². The van der Waals surface area contributed by atoms with E-state index in [2.05, 4.69) is 71.7 Å². The number of ether oxygens (including phenoxy) is 1. The van der Waals surface area contributed by atoms with E-state index in [4.69, 9.17) is 4.74 Å². The molecule has 1 aliphatic rings. The van der Waals surface area contributed by atoms with Crippen LogP contribution in [0.1, 0.15) is 18.1 Å². The lowest BCUT2D eigenvalue weighted by atomic mass is 10.1. The van der Waals surface area contributed by atoms with E-state index in [1.165, 1.54) is 16.8 Å². The first-order chi connectivity index (χ1) is 11.3. The van der Waals surface area contributed by atoms with Crippen LogP contribution >= 0.6 is 0 Å². The Morgan fingerprint density at radius 2 is 1.65 bits per heavy atom. The van der Waals surface area contributed by atoms with Gasteiger partial charge in [0.15, 0.2) is 0 Å². The first-order valence-corrected chi connectivity index (χ1v) is 8.50. The third kappa shape index (κ3) is 4.81. The largest absolute Gasteiger partial charge is 0.378 e. The minimum atomic E-state index is 0.469. The molecule has 1 fully saturated rings. The van der Waals surface area contributed by atoms with Crippen molar-refractivity contribution in [2.45, 2.75) is 25.9 Å². The second-order valence-corrected chi connectivity index (χ2v) is 6.24. The smallest absolute Gasteiger partial charge is 0.0642 e. The van der Waals surface area contributed by atoms with E-state index in [1.807, 2.05) is 0 Å². The van der Waals surface area contributed by atoms with Crippen LogP contribution in [-0.4, -0.2) is 32.3 Å². The van der Waals surface area contributed by atoms with Crippen LogP contribution in [0.5, 0.6) is 0 Å². The lowest BCUT2D eigenvalue weighted by Gasteiger charge is -2.29. The molecular weight excluding hydrogens is 284 g/mol. The van der Waals surface area contributed by atoms with Crippen LogP contribution in [0.4, 0.5) is 5.69 Å². The Morgan fingerprint density at radius 1 is 0.957 bits per heavy atom. The minimum Gasteiger partial charge on any atom is -0.378 e. The summed E-state index contributed by atoms with van der Waals surface area (Å²) in [5.74, 6) is 0. The summed E-state index contributed by atoms with van der Waals surface area (Å²) in [5, 5.41) is 3.61. The van der Waals surface area contributed by atoms with Crippen LogP contribution in [0.3, 0.4) is 0 Å². The van der Waals surface area contributed by atoms with Crippen molar-refractivity contribution in [3.63, 3.8) is 0 Å². The van der Waals surface area contributed by atoms with Crippen molar-refractivity contribution >= 4 is 5.69 Å². The lowest BCUT2D eigenvalue weighted by Crippen LogP contribution is -2.36. The van der Waals surface area contributed by atoms with Gasteiger partial charge in [-0.1, -0.05) is 42.5 Å². The molecule has 3 heteroatoms. The molecule has 0 spiro atoms. The minimum absolute atomic E-state index is 0.469. The van der Waals surface area contributed by atoms with Crippen molar-refractivity contribution in [1.29, 1.82) is 0 Å². The van der Waals surface area contributed by atoms with Crippen LogP contribution in [0.2, 0.25) is 0 Å². The van der Waals surface area contributed by atoms with E-state index in [9.17, 15) is 0 Å². The van der Waals surface area contributed by atoms with Gasteiger partial charge in [0.05, 0.1) is 13.2 Å². The third-order valence-corrected chi connectivity index (χ3v) is 4.35. The number of benzene rings is 2. The van der Waals surface area contributed by atoms with Crippen molar-refractivity contribution in [1.82, 2.24) is 5.32 Å². The van der Waals surface area contributed by atoms with Gasteiger partial charge < -0.3 is 15.0 Å². The molecule has 2 aromatic carbocycles. The molecule has 0 aromatic heterocycles. The normalized spacial score (nSPS) is 16.3. The van der Waals surface area contributed by atoms with E-state index >= 15 is 0 Å². The van der Waals surface area contributed by atoms with Crippen molar-refractivity contribution in [3.8, 4) is 0 Å². The fraction of sp³-hybridized carbons (Fsp3) is 0.400. The Morgan fingerprint density at radius 3 is 2.35 bits per heavy atom. The van der Waals surface area contributed by atoms with Crippen molar-refractivity contribution < 1.29 is 4.74 Å². The maximum absolute atomic E-state index is 5.41. The van der Waals surface area contributed by atoms with Gasteiger partial charge in [-0.2, -0.15) is 0 Å². The molecule has 0 saturated carbocycles. The summed E-state index contributed by atoms with van der Waals surface area (Å²) in [4.78, 5) is 2.39. The van der Waals surface area contributed by atoms with Crippen LogP contribution in [0, 0.1) is 0 Å². The SMILES string of the molecule is C[C@@H](Cc1ccccc1)NCc1ccc(N2CCOCC2)cc1. The zero-order valence-electron chi connectivity index (χ0n) is 13.9. The number of nitrogens with one attached hydrogen (secondary N) is 1. The highest BCUT2D eigenvalue weighted by atomic mass is 16.5. The van der Waals surface area contributed by atoms with Gasteiger partial charge in [0, 0.05) is 31.4 Å². The van der Waals surface area contributed by atoms with E-state index in [-0.39, 0.29) is 0 Å². The molecule has 1 N–H and O–H groups in total. The monoisotopic (exact) mass is 310 g/mol. The first-order valence-electron chi connectivity index (χ1n) is 8.50. The average Bonchev–Trinajstić information content (AvgIpc) is 2.62. The molecule has 3 rings (SSSR count). The van der Waals surface area contributed by atoms with Gasteiger partial charge >= 0.3 is 0 Å². The molecular formula is C20H26N2O. The van der Waals surface area contributed by atoms with Crippen LogP contribution in [-0.2, 0) is 17.7 Å². The fourth-order valence-electron chi connectivity index (χ4n) is 2.98. The predicted octanol–water partition coefficient (Wildman–Crippen LogP) is 3.24. The van der Waals surface area contributed by atoms with Crippen LogP contribution in [0.15, 0.2) is 54.6 Å². The molecule has 0 amide bonds. The van der Waals surface area contributed by atoms with Crippen molar-refractivity contribution in [2.24, 2.45) is 0 Å².